The number of benzene rings is 9. The van der Waals surface area contributed by atoms with Crippen molar-refractivity contribution in [1.82, 2.24) is 19.1 Å². The molecule has 12 aromatic rings. The smallest absolute Gasteiger partial charge is 0.235 e. The van der Waals surface area contributed by atoms with Crippen LogP contribution in [0.3, 0.4) is 0 Å². The van der Waals surface area contributed by atoms with Gasteiger partial charge in [-0.15, -0.1) is 0 Å². The van der Waals surface area contributed by atoms with Gasteiger partial charge in [-0.1, -0.05) is 206 Å². The molecule has 0 saturated carbocycles. The van der Waals surface area contributed by atoms with E-state index >= 15 is 0 Å². The van der Waals surface area contributed by atoms with Crippen LogP contribution in [-0.2, 0) is 0 Å². The molecule has 5 heteroatoms. The van der Waals surface area contributed by atoms with E-state index in [-0.39, 0.29) is 26.5 Å². The highest BCUT2D eigenvalue weighted by atomic mass is 28.3. The lowest BCUT2D eigenvalue weighted by Crippen LogP contribution is -2.74. The molecule has 296 valence electrons. The van der Waals surface area contributed by atoms with E-state index in [4.69, 9.17) is 29.2 Å². The second-order valence-electron chi connectivity index (χ2n) is 14.0. The van der Waals surface area contributed by atoms with Gasteiger partial charge < -0.3 is 4.57 Å². The fourth-order valence-electron chi connectivity index (χ4n) is 8.13. The lowest BCUT2D eigenvalue weighted by molar-refractivity contribution is 0.994. The van der Waals surface area contributed by atoms with Crippen molar-refractivity contribution in [2.75, 3.05) is 0 Å². The SMILES string of the molecule is [2H]c1cc2c(c([2H])c1[2H])c1c([2H])c([2H])c([2H])c([2H])c1n2-c1c([2H])c([2H])c([2H])c([2H])c1-c1cc(-c2c([2H])c([2H])c([2H])c([Si](c3ccccc3)(c3ccccc3)c3c([2H])c([2H])c([2H])c([2H])c3[2H])c2[2H])nc(-n2c3c([2H])c([2H])c([2H])c([2H])c3c3c([2H])c([2H])c([2H])c([2H])c32)n1. The Hall–Kier alpha value is -8.12. The molecule has 0 saturated heterocycles. The van der Waals surface area contributed by atoms with Crippen LogP contribution in [0.4, 0.5) is 0 Å². The molecular weight excluding hydrogens is 781 g/mol. The van der Waals surface area contributed by atoms with Gasteiger partial charge in [-0.2, -0.15) is 0 Å². The van der Waals surface area contributed by atoms with Gasteiger partial charge in [0.1, 0.15) is 0 Å². The second kappa shape index (κ2) is 15.1. The maximum absolute atomic E-state index is 10.6. The average molecular weight is 849 g/mol. The molecule has 0 fully saturated rings. The Morgan fingerprint density at radius 1 is 0.381 bits per heavy atom. The van der Waals surface area contributed by atoms with Crippen molar-refractivity contribution in [3.05, 3.63) is 242 Å². The molecule has 9 aromatic carbocycles. The third-order valence-electron chi connectivity index (χ3n) is 10.7. The minimum Gasteiger partial charge on any atom is -0.309 e. The molecule has 3 heterocycles. The van der Waals surface area contributed by atoms with Crippen molar-refractivity contribution >= 4 is 72.4 Å². The van der Waals surface area contributed by atoms with E-state index in [0.717, 1.165) is 21.3 Å². The Bertz CT molecular complexity index is 5140. The Kier molecular flexibility index (Phi) is 4.33. The van der Waals surface area contributed by atoms with E-state index < -0.39 is 249 Å². The summed E-state index contributed by atoms with van der Waals surface area (Å²) in [5.41, 5.74) is -5.60. The summed E-state index contributed by atoms with van der Waals surface area (Å²) < 4.78 is 261. The van der Waals surface area contributed by atoms with Crippen molar-refractivity contribution in [1.29, 1.82) is 0 Å². The summed E-state index contributed by atoms with van der Waals surface area (Å²) in [4.78, 5) is 9.67. The molecule has 4 nitrogen and oxygen atoms in total. The molecule has 0 aliphatic carbocycles. The van der Waals surface area contributed by atoms with Crippen LogP contribution in [0.25, 0.3) is 77.8 Å². The lowest BCUT2D eigenvalue weighted by atomic mass is 10.1. The van der Waals surface area contributed by atoms with Gasteiger partial charge in [0.05, 0.1) is 77.5 Å². The van der Waals surface area contributed by atoms with Gasteiger partial charge in [0.15, 0.2) is 8.07 Å². The number of para-hydroxylation sites is 5. The van der Waals surface area contributed by atoms with Gasteiger partial charge in [0.2, 0.25) is 5.95 Å². The summed E-state index contributed by atoms with van der Waals surface area (Å²) in [7, 11) is -4.91. The molecule has 0 aliphatic heterocycles. The van der Waals surface area contributed by atoms with Crippen LogP contribution < -0.4 is 20.7 Å². The lowest BCUT2D eigenvalue weighted by Gasteiger charge is -2.34. The number of fused-ring (bicyclic) bond motifs is 6. The predicted octanol–water partition coefficient (Wildman–Crippen LogP) is 11.4. The Labute approximate surface area is 406 Å². The molecule has 12 rings (SSSR count). The monoisotopic (exact) mass is 848 g/mol. The zero-order valence-electron chi connectivity index (χ0n) is 60.2. The number of hydrogen-bond acceptors (Lipinski definition) is 2. The Balaban J connectivity index is 1.35. The van der Waals surface area contributed by atoms with E-state index in [1.807, 2.05) is 0 Å². The molecule has 0 aliphatic rings. The molecule has 3 aromatic heterocycles. The molecule has 0 unspecified atom stereocenters. The van der Waals surface area contributed by atoms with Gasteiger partial charge in [0.25, 0.3) is 0 Å². The minimum absolute atomic E-state index is 0.209. The summed E-state index contributed by atoms with van der Waals surface area (Å²) in [6.45, 7) is 0. The van der Waals surface area contributed by atoms with Gasteiger partial charge in [0, 0.05) is 32.7 Å². The molecule has 0 N–H and O–H groups in total. The first-order valence-corrected chi connectivity index (χ1v) is 21.2. The van der Waals surface area contributed by atoms with E-state index in [1.54, 1.807) is 60.7 Å². The molecule has 63 heavy (non-hydrogen) atoms. The summed E-state index contributed by atoms with van der Waals surface area (Å²) >= 11 is 0. The summed E-state index contributed by atoms with van der Waals surface area (Å²) in [6, 6.07) is -5.67. The summed E-state index contributed by atoms with van der Waals surface area (Å²) in [6.07, 6.45) is 0. The number of nitrogens with zero attached hydrogens (tertiary/aromatic N) is 4. The Morgan fingerprint density at radius 2 is 0.889 bits per heavy atom. The molecular formula is C58H40N4Si. The zero-order valence-corrected chi connectivity index (χ0v) is 33.2. The second-order valence-corrected chi connectivity index (χ2v) is 17.7. The zero-order chi connectivity index (χ0) is 66.1. The molecule has 0 atom stereocenters. The average Bonchev–Trinajstić information content (AvgIpc) is 1.71. The highest BCUT2D eigenvalue weighted by Crippen LogP contribution is 2.38. The van der Waals surface area contributed by atoms with Crippen LogP contribution in [0.2, 0.25) is 0 Å². The fraction of sp³-hybridized carbons (Fsp3) is 0. The highest BCUT2D eigenvalue weighted by Gasteiger charge is 2.41. The van der Waals surface area contributed by atoms with E-state index in [1.165, 1.54) is 0 Å². The van der Waals surface area contributed by atoms with Crippen LogP contribution in [0.5, 0.6) is 0 Å². The summed E-state index contributed by atoms with van der Waals surface area (Å²) in [5.74, 6) is -0.868. The van der Waals surface area contributed by atoms with Crippen LogP contribution in [0.1, 0.15) is 38.4 Å². The molecule has 0 radical (unpaired) electrons. The van der Waals surface area contributed by atoms with Gasteiger partial charge in [-0.3, -0.25) is 4.57 Å². The maximum atomic E-state index is 10.6. The molecule has 0 spiro atoms. The van der Waals surface area contributed by atoms with Crippen LogP contribution >= 0.6 is 0 Å². The Morgan fingerprint density at radius 3 is 1.54 bits per heavy atom. The van der Waals surface area contributed by atoms with Crippen molar-refractivity contribution in [3.8, 4) is 34.2 Å². The molecule has 0 bridgehead atoms. The third kappa shape index (κ3) is 5.89. The van der Waals surface area contributed by atoms with Gasteiger partial charge in [-0.05, 0) is 57.0 Å². The molecule has 0 amide bonds. The van der Waals surface area contributed by atoms with Gasteiger partial charge >= 0.3 is 0 Å². The predicted molar refractivity (Wildman–Crippen MR) is 265 cm³/mol. The topological polar surface area (TPSA) is 35.6 Å². The normalized spacial score (nSPS) is 18.0. The fourth-order valence-corrected chi connectivity index (χ4v) is 12.3. The quantitative estimate of drug-likeness (QED) is 0.113. The maximum Gasteiger partial charge on any atom is 0.235 e. The largest absolute Gasteiger partial charge is 0.309 e. The van der Waals surface area contributed by atoms with E-state index in [2.05, 4.69) is 0 Å². The van der Waals surface area contributed by atoms with Crippen molar-refractivity contribution < 1.29 is 38.4 Å². The first-order chi connectivity index (χ1) is 42.9. The van der Waals surface area contributed by atoms with Gasteiger partial charge in [-0.25, -0.2) is 9.97 Å². The first-order valence-electron chi connectivity index (χ1n) is 33.2. The van der Waals surface area contributed by atoms with Crippen LogP contribution in [-0.4, -0.2) is 27.2 Å². The van der Waals surface area contributed by atoms with Crippen molar-refractivity contribution in [2.24, 2.45) is 0 Å². The standard InChI is InChI=1S/C58H40N4Si/c1-4-22-42(23-5-1)63(43-24-6-2-7-25-43,44-26-8-3-9-27-44)45-28-20-21-41(39-45)51-40-52(60-58(59-51)62-55-36-17-12-31-48(55)49-32-13-18-37-56(49)62)50-33-14-19-38-57(50)61-53-34-15-10-29-46(53)47-30-11-16-35-54(47)61/h1-40H/i1D,4D,5D,10D,11D,12D,13D,14D,15D,16D,17D,18D,19D,20D,21D,22D,23D,28D,29D,30D,31D,32D,33D,34D,36D,37D,38D,39D. The van der Waals surface area contributed by atoms with Crippen molar-refractivity contribution in [3.63, 3.8) is 0 Å². The van der Waals surface area contributed by atoms with E-state index in [0.29, 0.717) is 0 Å². The third-order valence-corrected chi connectivity index (χ3v) is 15.1. The van der Waals surface area contributed by atoms with Crippen molar-refractivity contribution in [2.45, 2.75) is 0 Å². The summed E-state index contributed by atoms with van der Waals surface area (Å²) in [5, 5.41) is -2.16. The first kappa shape index (κ1) is 18.1. The van der Waals surface area contributed by atoms with Crippen LogP contribution in [0.15, 0.2) is 242 Å². The number of hydrogen-bond donors (Lipinski definition) is 0. The van der Waals surface area contributed by atoms with E-state index in [9.17, 15) is 19.2 Å². The van der Waals surface area contributed by atoms with Crippen LogP contribution in [0, 0.1) is 0 Å². The minimum atomic E-state index is -4.91. The highest BCUT2D eigenvalue weighted by molar-refractivity contribution is 7.19. The number of aromatic nitrogens is 4. The number of rotatable bonds is 8.